The van der Waals surface area contributed by atoms with Gasteiger partial charge >= 0.3 is 0 Å². The van der Waals surface area contributed by atoms with Crippen molar-refractivity contribution in [1.82, 2.24) is 4.98 Å². The number of hydrogen-bond donors (Lipinski definition) is 0. The van der Waals surface area contributed by atoms with Gasteiger partial charge in [0.25, 0.3) is 0 Å². The third-order valence-corrected chi connectivity index (χ3v) is 2.81. The second-order valence-electron chi connectivity index (χ2n) is 3.75. The van der Waals surface area contributed by atoms with E-state index in [1.807, 2.05) is 24.3 Å². The van der Waals surface area contributed by atoms with E-state index in [0.29, 0.717) is 16.3 Å². The van der Waals surface area contributed by atoms with Crippen LogP contribution in [0.1, 0.15) is 28.4 Å². The van der Waals surface area contributed by atoms with Gasteiger partial charge in [0.15, 0.2) is 5.78 Å². The molecule has 0 saturated carbocycles. The highest BCUT2D eigenvalue weighted by atomic mass is 35.5. The number of rotatable bonds is 3. The maximum Gasteiger partial charge on any atom is 0.194 e. The number of pyridine rings is 1. The maximum absolute atomic E-state index is 12.1. The van der Waals surface area contributed by atoms with Crippen molar-refractivity contribution in [2.45, 2.75) is 13.3 Å². The minimum absolute atomic E-state index is 0.0236. The average Bonchev–Trinajstić information content (AvgIpc) is 2.39. The average molecular weight is 246 g/mol. The first-order valence-corrected chi connectivity index (χ1v) is 5.83. The molecule has 1 aromatic heterocycles. The van der Waals surface area contributed by atoms with Crippen molar-refractivity contribution in [3.8, 4) is 0 Å². The molecule has 0 spiro atoms. The van der Waals surface area contributed by atoms with Crippen LogP contribution in [-0.4, -0.2) is 10.8 Å². The summed E-state index contributed by atoms with van der Waals surface area (Å²) in [5.74, 6) is -0.0236. The molecular formula is C14H12ClNO. The molecule has 2 aromatic rings. The van der Waals surface area contributed by atoms with Crippen molar-refractivity contribution in [2.75, 3.05) is 0 Å². The van der Waals surface area contributed by atoms with Gasteiger partial charge in [-0.05, 0) is 30.2 Å². The molecule has 2 rings (SSSR count). The molecule has 0 radical (unpaired) electrons. The highest BCUT2D eigenvalue weighted by Gasteiger charge is 2.09. The number of aryl methyl sites for hydroxylation is 1. The third kappa shape index (κ3) is 2.71. The van der Waals surface area contributed by atoms with Gasteiger partial charge in [-0.1, -0.05) is 36.7 Å². The second kappa shape index (κ2) is 5.11. The molecule has 1 heterocycles. The third-order valence-electron chi connectivity index (χ3n) is 2.59. The van der Waals surface area contributed by atoms with Gasteiger partial charge in [-0.2, -0.15) is 0 Å². The van der Waals surface area contributed by atoms with Crippen LogP contribution in [0.3, 0.4) is 0 Å². The van der Waals surface area contributed by atoms with E-state index in [2.05, 4.69) is 11.9 Å². The summed E-state index contributed by atoms with van der Waals surface area (Å²) < 4.78 is 0. The molecule has 0 fully saturated rings. The van der Waals surface area contributed by atoms with Crippen LogP contribution in [0.2, 0.25) is 5.15 Å². The highest BCUT2D eigenvalue weighted by molar-refractivity contribution is 6.29. The zero-order chi connectivity index (χ0) is 12.3. The van der Waals surface area contributed by atoms with Crippen LogP contribution in [0.5, 0.6) is 0 Å². The van der Waals surface area contributed by atoms with Crippen molar-refractivity contribution >= 4 is 17.4 Å². The largest absolute Gasteiger partial charge is 0.289 e. The van der Waals surface area contributed by atoms with Crippen molar-refractivity contribution in [3.05, 3.63) is 64.4 Å². The summed E-state index contributed by atoms with van der Waals surface area (Å²) >= 11 is 5.69. The smallest absolute Gasteiger partial charge is 0.194 e. The first kappa shape index (κ1) is 11.8. The van der Waals surface area contributed by atoms with Gasteiger partial charge in [-0.3, -0.25) is 4.79 Å². The van der Waals surface area contributed by atoms with Crippen molar-refractivity contribution in [2.24, 2.45) is 0 Å². The fraction of sp³-hybridized carbons (Fsp3) is 0.143. The fourth-order valence-electron chi connectivity index (χ4n) is 1.61. The molecule has 3 heteroatoms. The molecule has 0 saturated heterocycles. The standard InChI is InChI=1S/C14H12ClNO/c1-2-10-4-3-5-11(8-10)14(17)12-6-7-13(15)16-9-12/h3-9H,2H2,1H3. The highest BCUT2D eigenvalue weighted by Crippen LogP contribution is 2.13. The number of ketones is 1. The Balaban J connectivity index is 2.33. The van der Waals surface area contributed by atoms with Gasteiger partial charge in [0.05, 0.1) is 0 Å². The Kier molecular flexibility index (Phi) is 3.55. The Hall–Kier alpha value is -1.67. The maximum atomic E-state index is 12.1. The van der Waals surface area contributed by atoms with Crippen molar-refractivity contribution in [3.63, 3.8) is 0 Å². The van der Waals surface area contributed by atoms with E-state index < -0.39 is 0 Å². The lowest BCUT2D eigenvalue weighted by atomic mass is 10.0. The van der Waals surface area contributed by atoms with Gasteiger partial charge in [-0.15, -0.1) is 0 Å². The van der Waals surface area contributed by atoms with Crippen molar-refractivity contribution < 1.29 is 4.79 Å². The van der Waals surface area contributed by atoms with Crippen LogP contribution in [-0.2, 0) is 6.42 Å². The quantitative estimate of drug-likeness (QED) is 0.612. The Labute approximate surface area is 105 Å². The molecule has 0 unspecified atom stereocenters. The van der Waals surface area contributed by atoms with Gasteiger partial charge in [0.1, 0.15) is 5.15 Å². The van der Waals surface area contributed by atoms with Gasteiger partial charge in [0, 0.05) is 17.3 Å². The lowest BCUT2D eigenvalue weighted by molar-refractivity contribution is 0.103. The van der Waals surface area contributed by atoms with Crippen LogP contribution in [0.25, 0.3) is 0 Å². The number of benzene rings is 1. The van der Waals surface area contributed by atoms with Gasteiger partial charge < -0.3 is 0 Å². The summed E-state index contributed by atoms with van der Waals surface area (Å²) in [5.41, 5.74) is 2.40. The van der Waals surface area contributed by atoms with E-state index >= 15 is 0 Å². The summed E-state index contributed by atoms with van der Waals surface area (Å²) in [5, 5.41) is 0.392. The molecule has 0 aliphatic rings. The Morgan fingerprint density at radius 1 is 1.24 bits per heavy atom. The summed E-state index contributed by atoms with van der Waals surface area (Å²) in [6.07, 6.45) is 2.42. The molecule has 0 amide bonds. The summed E-state index contributed by atoms with van der Waals surface area (Å²) in [6.45, 7) is 2.06. The monoisotopic (exact) mass is 245 g/mol. The molecule has 0 aliphatic heterocycles. The number of halogens is 1. The minimum Gasteiger partial charge on any atom is -0.289 e. The molecule has 0 N–H and O–H groups in total. The molecule has 0 aliphatic carbocycles. The second-order valence-corrected chi connectivity index (χ2v) is 4.14. The number of carbonyl (C=O) groups excluding carboxylic acids is 1. The number of carbonyl (C=O) groups is 1. The van der Waals surface area contributed by atoms with E-state index in [9.17, 15) is 4.79 Å². The number of nitrogens with zero attached hydrogens (tertiary/aromatic N) is 1. The Morgan fingerprint density at radius 2 is 2.06 bits per heavy atom. The first-order valence-electron chi connectivity index (χ1n) is 5.46. The lowest BCUT2D eigenvalue weighted by Gasteiger charge is -2.03. The summed E-state index contributed by atoms with van der Waals surface area (Å²) in [6, 6.07) is 11.0. The van der Waals surface area contributed by atoms with E-state index in [0.717, 1.165) is 12.0 Å². The summed E-state index contributed by atoms with van der Waals surface area (Å²) in [7, 11) is 0. The van der Waals surface area contributed by atoms with Crippen molar-refractivity contribution in [1.29, 1.82) is 0 Å². The molecule has 2 nitrogen and oxygen atoms in total. The van der Waals surface area contributed by atoms with E-state index in [-0.39, 0.29) is 5.78 Å². The van der Waals surface area contributed by atoms with E-state index in [4.69, 9.17) is 11.6 Å². The lowest BCUT2D eigenvalue weighted by Crippen LogP contribution is -2.02. The predicted octanol–water partition coefficient (Wildman–Crippen LogP) is 3.53. The van der Waals surface area contributed by atoms with Crippen LogP contribution < -0.4 is 0 Å². The van der Waals surface area contributed by atoms with Crippen LogP contribution in [0.4, 0.5) is 0 Å². The molecular weight excluding hydrogens is 234 g/mol. The van der Waals surface area contributed by atoms with Crippen LogP contribution >= 0.6 is 11.6 Å². The van der Waals surface area contributed by atoms with Crippen LogP contribution in [0.15, 0.2) is 42.6 Å². The number of aromatic nitrogens is 1. The molecule has 17 heavy (non-hydrogen) atoms. The topological polar surface area (TPSA) is 30.0 Å². The Bertz CT molecular complexity index is 534. The molecule has 0 bridgehead atoms. The Morgan fingerprint density at radius 3 is 2.71 bits per heavy atom. The zero-order valence-electron chi connectivity index (χ0n) is 9.48. The number of hydrogen-bond acceptors (Lipinski definition) is 2. The zero-order valence-corrected chi connectivity index (χ0v) is 10.2. The van der Waals surface area contributed by atoms with E-state index in [1.165, 1.54) is 6.20 Å². The SMILES string of the molecule is CCc1cccc(C(=O)c2ccc(Cl)nc2)c1. The summed E-state index contributed by atoms with van der Waals surface area (Å²) in [4.78, 5) is 16.1. The predicted molar refractivity (Wildman–Crippen MR) is 68.5 cm³/mol. The normalized spacial score (nSPS) is 10.2. The fourth-order valence-corrected chi connectivity index (χ4v) is 1.72. The van der Waals surface area contributed by atoms with Crippen LogP contribution in [0, 0.1) is 0 Å². The van der Waals surface area contributed by atoms with E-state index in [1.54, 1.807) is 12.1 Å². The first-order chi connectivity index (χ1) is 8.20. The van der Waals surface area contributed by atoms with Gasteiger partial charge in [-0.25, -0.2) is 4.98 Å². The molecule has 86 valence electrons. The van der Waals surface area contributed by atoms with Gasteiger partial charge in [0.2, 0.25) is 0 Å². The molecule has 0 atom stereocenters. The molecule has 1 aromatic carbocycles. The minimum atomic E-state index is -0.0236.